The van der Waals surface area contributed by atoms with Crippen LogP contribution in [0.4, 0.5) is 16.3 Å². The lowest BCUT2D eigenvalue weighted by molar-refractivity contribution is 0.0635. The Bertz CT molecular complexity index is 562. The number of amides is 1. The molecular weight excluding hydrogens is 314 g/mol. The molecule has 5 heteroatoms. The van der Waals surface area contributed by atoms with Crippen LogP contribution in [0.15, 0.2) is 18.3 Å². The molecule has 5 nitrogen and oxygen atoms in total. The summed E-state index contributed by atoms with van der Waals surface area (Å²) in [6.07, 6.45) is 6.21. The highest BCUT2D eigenvalue weighted by atomic mass is 16.6. The average molecular weight is 348 g/mol. The number of rotatable bonds is 3. The highest BCUT2D eigenvalue weighted by Gasteiger charge is 2.29. The van der Waals surface area contributed by atoms with Gasteiger partial charge in [-0.25, -0.2) is 9.78 Å². The van der Waals surface area contributed by atoms with Gasteiger partial charge in [0.15, 0.2) is 0 Å². The molecule has 0 spiro atoms. The number of pyridine rings is 1. The van der Waals surface area contributed by atoms with Crippen LogP contribution in [0, 0.1) is 11.3 Å². The number of carbonyl (C=O) groups is 1. The molecule has 1 aromatic rings. The van der Waals surface area contributed by atoms with Gasteiger partial charge in [0.1, 0.15) is 11.4 Å². The fraction of sp³-hybridized carbons (Fsp3) is 0.700. The van der Waals surface area contributed by atoms with Crippen molar-refractivity contribution in [1.82, 2.24) is 4.98 Å². The zero-order chi connectivity index (χ0) is 18.7. The van der Waals surface area contributed by atoms with Crippen LogP contribution in [0.5, 0.6) is 0 Å². The Kier molecular flexibility index (Phi) is 5.96. The summed E-state index contributed by atoms with van der Waals surface area (Å²) in [6, 6.07) is 4.26. The van der Waals surface area contributed by atoms with Crippen molar-refractivity contribution in [2.45, 2.75) is 78.9 Å². The Balaban J connectivity index is 1.82. The molecule has 0 bridgehead atoms. The second kappa shape index (κ2) is 7.63. The molecule has 1 amide bonds. The van der Waals surface area contributed by atoms with Gasteiger partial charge in [0.25, 0.3) is 0 Å². The predicted octanol–water partition coefficient (Wildman–Crippen LogP) is 5.45. The monoisotopic (exact) mass is 347 g/mol. The Morgan fingerprint density at radius 2 is 1.72 bits per heavy atom. The first kappa shape index (κ1) is 19.5. The first-order valence-electron chi connectivity index (χ1n) is 9.25. The van der Waals surface area contributed by atoms with Crippen molar-refractivity contribution in [2.24, 2.45) is 11.3 Å². The highest BCUT2D eigenvalue weighted by Crippen LogP contribution is 2.38. The van der Waals surface area contributed by atoms with Crippen LogP contribution in [-0.4, -0.2) is 22.7 Å². The van der Waals surface area contributed by atoms with Crippen LogP contribution in [-0.2, 0) is 4.74 Å². The van der Waals surface area contributed by atoms with Gasteiger partial charge in [-0.3, -0.25) is 5.32 Å². The molecule has 1 aliphatic carbocycles. The van der Waals surface area contributed by atoms with E-state index in [0.717, 1.165) is 11.6 Å². The van der Waals surface area contributed by atoms with Crippen molar-refractivity contribution in [3.8, 4) is 0 Å². The Labute approximate surface area is 151 Å². The summed E-state index contributed by atoms with van der Waals surface area (Å²) in [7, 11) is 0. The number of aromatic nitrogens is 1. The molecule has 140 valence electrons. The van der Waals surface area contributed by atoms with Crippen LogP contribution >= 0.6 is 0 Å². The van der Waals surface area contributed by atoms with Gasteiger partial charge in [0, 0.05) is 6.04 Å². The summed E-state index contributed by atoms with van der Waals surface area (Å²) in [6.45, 7) is 12.5. The van der Waals surface area contributed by atoms with E-state index in [1.165, 1.54) is 25.7 Å². The van der Waals surface area contributed by atoms with Crippen LogP contribution < -0.4 is 10.6 Å². The number of nitrogens with one attached hydrogen (secondary N) is 2. The van der Waals surface area contributed by atoms with Gasteiger partial charge in [0.2, 0.25) is 0 Å². The summed E-state index contributed by atoms with van der Waals surface area (Å²) in [5.41, 5.74) is 0.882. The zero-order valence-electron chi connectivity index (χ0n) is 16.5. The predicted molar refractivity (Wildman–Crippen MR) is 103 cm³/mol. The van der Waals surface area contributed by atoms with Gasteiger partial charge in [0.05, 0.1) is 11.9 Å². The molecule has 1 aromatic heterocycles. The van der Waals surface area contributed by atoms with Gasteiger partial charge in [-0.05, 0) is 69.9 Å². The summed E-state index contributed by atoms with van der Waals surface area (Å²) < 4.78 is 5.23. The first-order valence-corrected chi connectivity index (χ1v) is 9.25. The summed E-state index contributed by atoms with van der Waals surface area (Å²) >= 11 is 0. The molecule has 0 aliphatic heterocycles. The molecule has 1 heterocycles. The maximum atomic E-state index is 11.8. The van der Waals surface area contributed by atoms with Crippen molar-refractivity contribution < 1.29 is 9.53 Å². The van der Waals surface area contributed by atoms with Gasteiger partial charge < -0.3 is 10.1 Å². The molecule has 0 radical (unpaired) electrons. The average Bonchev–Trinajstić information content (AvgIpc) is 2.47. The molecule has 0 saturated heterocycles. The smallest absolute Gasteiger partial charge is 0.413 e. The van der Waals surface area contributed by atoms with E-state index in [0.29, 0.717) is 17.3 Å². The Hall–Kier alpha value is -1.78. The SMILES string of the molecule is CC(C)(C)OC(=O)Nc1ccc(NC2CCC(C(C)(C)C)CC2)cn1. The number of nitrogens with zero attached hydrogens (tertiary/aromatic N) is 1. The third-order valence-corrected chi connectivity index (χ3v) is 4.72. The third-order valence-electron chi connectivity index (χ3n) is 4.72. The van der Waals surface area contributed by atoms with Crippen molar-refractivity contribution in [2.75, 3.05) is 10.6 Å². The van der Waals surface area contributed by atoms with E-state index in [4.69, 9.17) is 4.74 Å². The molecule has 0 aromatic carbocycles. The number of hydrogen-bond donors (Lipinski definition) is 2. The standard InChI is InChI=1S/C20H33N3O2/c1-19(2,3)14-7-9-15(10-8-14)22-16-11-12-17(21-13-16)23-18(24)25-20(4,5)6/h11-15,22H,7-10H2,1-6H3,(H,21,23,24). The largest absolute Gasteiger partial charge is 0.444 e. The molecule has 0 unspecified atom stereocenters. The van der Waals surface area contributed by atoms with Crippen molar-refractivity contribution in [3.63, 3.8) is 0 Å². The molecule has 2 N–H and O–H groups in total. The highest BCUT2D eigenvalue weighted by molar-refractivity contribution is 5.83. The maximum Gasteiger partial charge on any atom is 0.413 e. The van der Waals surface area contributed by atoms with Crippen LogP contribution in [0.3, 0.4) is 0 Å². The maximum absolute atomic E-state index is 11.8. The second-order valence-corrected chi connectivity index (χ2v) is 9.12. The van der Waals surface area contributed by atoms with E-state index in [9.17, 15) is 4.79 Å². The lowest BCUT2D eigenvalue weighted by Crippen LogP contribution is -2.31. The van der Waals surface area contributed by atoms with Crippen molar-refractivity contribution >= 4 is 17.6 Å². The van der Waals surface area contributed by atoms with Gasteiger partial charge in [-0.15, -0.1) is 0 Å². The van der Waals surface area contributed by atoms with Gasteiger partial charge in [-0.2, -0.15) is 0 Å². The van der Waals surface area contributed by atoms with E-state index >= 15 is 0 Å². The molecule has 1 fully saturated rings. The molecule has 1 saturated carbocycles. The van der Waals surface area contributed by atoms with Gasteiger partial charge in [-0.1, -0.05) is 20.8 Å². The normalized spacial score (nSPS) is 21.5. The van der Waals surface area contributed by atoms with E-state index < -0.39 is 11.7 Å². The van der Waals surface area contributed by atoms with E-state index in [-0.39, 0.29) is 0 Å². The quantitative estimate of drug-likeness (QED) is 0.763. The summed E-state index contributed by atoms with van der Waals surface area (Å²) in [5.74, 6) is 1.31. The van der Waals surface area contributed by atoms with Crippen LogP contribution in [0.25, 0.3) is 0 Å². The Morgan fingerprint density at radius 1 is 1.08 bits per heavy atom. The second-order valence-electron chi connectivity index (χ2n) is 9.12. The third kappa shape index (κ3) is 6.56. The first-order chi connectivity index (χ1) is 11.5. The topological polar surface area (TPSA) is 63.2 Å². The molecule has 1 aliphatic rings. The Morgan fingerprint density at radius 3 is 2.20 bits per heavy atom. The van der Waals surface area contributed by atoms with Crippen LogP contribution in [0.2, 0.25) is 0 Å². The molecule has 0 atom stereocenters. The minimum atomic E-state index is -0.516. The van der Waals surface area contributed by atoms with Crippen LogP contribution in [0.1, 0.15) is 67.2 Å². The minimum Gasteiger partial charge on any atom is -0.444 e. The lowest BCUT2D eigenvalue weighted by atomic mass is 9.71. The lowest BCUT2D eigenvalue weighted by Gasteiger charge is -2.37. The van der Waals surface area contributed by atoms with E-state index in [1.54, 1.807) is 12.3 Å². The number of anilines is 2. The van der Waals surface area contributed by atoms with E-state index in [2.05, 4.69) is 36.4 Å². The summed E-state index contributed by atoms with van der Waals surface area (Å²) in [4.78, 5) is 16.0. The fourth-order valence-corrected chi connectivity index (χ4v) is 3.30. The van der Waals surface area contributed by atoms with E-state index in [1.807, 2.05) is 26.8 Å². The van der Waals surface area contributed by atoms with Crippen molar-refractivity contribution in [1.29, 1.82) is 0 Å². The fourth-order valence-electron chi connectivity index (χ4n) is 3.30. The zero-order valence-corrected chi connectivity index (χ0v) is 16.5. The molecule has 25 heavy (non-hydrogen) atoms. The number of carbonyl (C=O) groups excluding carboxylic acids is 1. The number of hydrogen-bond acceptors (Lipinski definition) is 4. The van der Waals surface area contributed by atoms with Crippen molar-refractivity contribution in [3.05, 3.63) is 18.3 Å². The molecule has 2 rings (SSSR count). The number of ether oxygens (including phenoxy) is 1. The minimum absolute atomic E-state index is 0.404. The van der Waals surface area contributed by atoms with Gasteiger partial charge >= 0.3 is 6.09 Å². The molecular formula is C20H33N3O2. The summed E-state index contributed by atoms with van der Waals surface area (Å²) in [5, 5.41) is 6.22.